The van der Waals surface area contributed by atoms with Gasteiger partial charge in [-0.05, 0) is 45.2 Å². The van der Waals surface area contributed by atoms with E-state index < -0.39 is 5.97 Å². The fourth-order valence-electron chi connectivity index (χ4n) is 2.61. The molecule has 0 aliphatic carbocycles. The second-order valence-corrected chi connectivity index (χ2v) is 4.72. The second-order valence-electron chi connectivity index (χ2n) is 4.72. The predicted molar refractivity (Wildman–Crippen MR) is 66.5 cm³/mol. The molecular formula is C13H18N2O2. The summed E-state index contributed by atoms with van der Waals surface area (Å²) in [5.41, 5.74) is 0.299. The van der Waals surface area contributed by atoms with Crippen molar-refractivity contribution >= 4 is 11.8 Å². The van der Waals surface area contributed by atoms with Crippen LogP contribution in [-0.4, -0.2) is 28.1 Å². The highest BCUT2D eigenvalue weighted by molar-refractivity contribution is 5.93. The number of carboxylic acid groups (broad SMARTS) is 1. The first-order chi connectivity index (χ1) is 8.11. The Morgan fingerprint density at radius 2 is 2.06 bits per heavy atom. The molecule has 0 amide bonds. The summed E-state index contributed by atoms with van der Waals surface area (Å²) in [6.45, 7) is 4.27. The number of anilines is 1. The first-order valence-corrected chi connectivity index (χ1v) is 6.08. The molecule has 0 radical (unpaired) electrons. The molecule has 0 saturated carbocycles. The van der Waals surface area contributed by atoms with Crippen molar-refractivity contribution in [3.63, 3.8) is 0 Å². The highest BCUT2D eigenvalue weighted by Gasteiger charge is 2.28. The molecule has 92 valence electrons. The summed E-state index contributed by atoms with van der Waals surface area (Å²) in [5.74, 6) is -0.294. The van der Waals surface area contributed by atoms with Gasteiger partial charge >= 0.3 is 5.97 Å². The number of carbonyl (C=O) groups is 1. The number of aromatic nitrogens is 1. The first-order valence-electron chi connectivity index (χ1n) is 6.08. The lowest BCUT2D eigenvalue weighted by molar-refractivity contribution is 0.0697. The Balaban J connectivity index is 2.41. The predicted octanol–water partition coefficient (Wildman–Crippen LogP) is 2.55. The van der Waals surface area contributed by atoms with Gasteiger partial charge in [-0.3, -0.25) is 0 Å². The monoisotopic (exact) mass is 234 g/mol. The summed E-state index contributed by atoms with van der Waals surface area (Å²) >= 11 is 0. The topological polar surface area (TPSA) is 53.4 Å². The van der Waals surface area contributed by atoms with Crippen LogP contribution in [-0.2, 0) is 0 Å². The van der Waals surface area contributed by atoms with Crippen LogP contribution in [0.1, 0.15) is 43.5 Å². The summed E-state index contributed by atoms with van der Waals surface area (Å²) in [4.78, 5) is 17.6. The van der Waals surface area contributed by atoms with E-state index in [0.29, 0.717) is 23.5 Å². The molecule has 2 atom stereocenters. The lowest BCUT2D eigenvalue weighted by atomic mass is 9.97. The maximum atomic E-state index is 11.2. The van der Waals surface area contributed by atoms with E-state index in [0.717, 1.165) is 12.8 Å². The molecule has 17 heavy (non-hydrogen) atoms. The van der Waals surface area contributed by atoms with Crippen LogP contribution in [0.5, 0.6) is 0 Å². The van der Waals surface area contributed by atoms with Crippen molar-refractivity contribution in [2.45, 2.75) is 45.2 Å². The Kier molecular flexibility index (Phi) is 3.31. The minimum absolute atomic E-state index is 0.299. The largest absolute Gasteiger partial charge is 0.478 e. The smallest absolute Gasteiger partial charge is 0.339 e. The fourth-order valence-corrected chi connectivity index (χ4v) is 2.61. The van der Waals surface area contributed by atoms with Crippen molar-refractivity contribution in [2.75, 3.05) is 4.90 Å². The van der Waals surface area contributed by atoms with E-state index in [1.165, 1.54) is 6.42 Å². The van der Waals surface area contributed by atoms with Crippen molar-refractivity contribution < 1.29 is 9.90 Å². The Morgan fingerprint density at radius 1 is 1.41 bits per heavy atom. The Bertz CT molecular complexity index is 410. The molecule has 2 rings (SSSR count). The van der Waals surface area contributed by atoms with Gasteiger partial charge in [-0.1, -0.05) is 0 Å². The molecule has 0 spiro atoms. The highest BCUT2D eigenvalue weighted by Crippen LogP contribution is 2.29. The molecule has 1 saturated heterocycles. The lowest BCUT2D eigenvalue weighted by Crippen LogP contribution is -2.45. The SMILES string of the molecule is C[C@@H]1CCC[C@@H](C)N1c1ncccc1C(=O)O. The van der Waals surface area contributed by atoms with Gasteiger partial charge in [0.15, 0.2) is 0 Å². The van der Waals surface area contributed by atoms with E-state index in [4.69, 9.17) is 0 Å². The van der Waals surface area contributed by atoms with Crippen molar-refractivity contribution in [1.29, 1.82) is 0 Å². The first kappa shape index (κ1) is 11.9. The molecule has 1 fully saturated rings. The molecule has 0 bridgehead atoms. The van der Waals surface area contributed by atoms with E-state index >= 15 is 0 Å². The molecule has 1 aliphatic heterocycles. The number of piperidine rings is 1. The maximum Gasteiger partial charge on any atom is 0.339 e. The molecule has 2 heterocycles. The number of hydrogen-bond donors (Lipinski definition) is 1. The zero-order chi connectivity index (χ0) is 12.4. The highest BCUT2D eigenvalue weighted by atomic mass is 16.4. The third-order valence-electron chi connectivity index (χ3n) is 3.46. The number of pyridine rings is 1. The summed E-state index contributed by atoms with van der Waals surface area (Å²) in [6, 6.07) is 4.00. The third kappa shape index (κ3) is 2.25. The third-order valence-corrected chi connectivity index (χ3v) is 3.46. The Labute approximate surface area is 101 Å². The van der Waals surface area contributed by atoms with Crippen LogP contribution in [0, 0.1) is 0 Å². The number of nitrogens with zero attached hydrogens (tertiary/aromatic N) is 2. The fraction of sp³-hybridized carbons (Fsp3) is 0.538. The molecule has 1 aliphatic rings. The summed E-state index contributed by atoms with van der Waals surface area (Å²) < 4.78 is 0. The van der Waals surface area contributed by atoms with Crippen LogP contribution in [0.15, 0.2) is 18.3 Å². The minimum atomic E-state index is -0.905. The van der Waals surface area contributed by atoms with Crippen LogP contribution >= 0.6 is 0 Å². The van der Waals surface area contributed by atoms with E-state index in [2.05, 4.69) is 23.7 Å². The van der Waals surface area contributed by atoms with Gasteiger partial charge < -0.3 is 10.0 Å². The zero-order valence-electron chi connectivity index (χ0n) is 10.3. The molecule has 4 heteroatoms. The van der Waals surface area contributed by atoms with Crippen LogP contribution < -0.4 is 4.90 Å². The minimum Gasteiger partial charge on any atom is -0.478 e. The summed E-state index contributed by atoms with van der Waals surface area (Å²) in [7, 11) is 0. The standard InChI is InChI=1S/C13H18N2O2/c1-9-5-3-6-10(2)15(9)12-11(13(16)17)7-4-8-14-12/h4,7-10H,3,5-6H2,1-2H3,(H,16,17)/t9-,10-/m1/s1. The van der Waals surface area contributed by atoms with Crippen molar-refractivity contribution in [1.82, 2.24) is 4.98 Å². The molecule has 0 unspecified atom stereocenters. The van der Waals surface area contributed by atoms with Gasteiger partial charge in [0.25, 0.3) is 0 Å². The van der Waals surface area contributed by atoms with E-state index in [1.807, 2.05) is 0 Å². The van der Waals surface area contributed by atoms with Crippen LogP contribution in [0.3, 0.4) is 0 Å². The maximum absolute atomic E-state index is 11.2. The van der Waals surface area contributed by atoms with Gasteiger partial charge in [0.05, 0.1) is 0 Å². The average molecular weight is 234 g/mol. The van der Waals surface area contributed by atoms with Crippen LogP contribution in [0.4, 0.5) is 5.82 Å². The molecule has 0 aromatic carbocycles. The molecular weight excluding hydrogens is 216 g/mol. The summed E-state index contributed by atoms with van der Waals surface area (Å²) in [6.07, 6.45) is 5.06. The number of carboxylic acids is 1. The molecule has 1 aromatic heterocycles. The molecule has 4 nitrogen and oxygen atoms in total. The van der Waals surface area contributed by atoms with Gasteiger partial charge in [0, 0.05) is 18.3 Å². The van der Waals surface area contributed by atoms with Gasteiger partial charge in [-0.2, -0.15) is 0 Å². The van der Waals surface area contributed by atoms with Crippen molar-refractivity contribution in [2.24, 2.45) is 0 Å². The van der Waals surface area contributed by atoms with Crippen LogP contribution in [0.2, 0.25) is 0 Å². The second kappa shape index (κ2) is 4.73. The quantitative estimate of drug-likeness (QED) is 0.854. The lowest BCUT2D eigenvalue weighted by Gasteiger charge is -2.40. The number of aromatic carboxylic acids is 1. The normalized spacial score (nSPS) is 24.7. The Hall–Kier alpha value is -1.58. The van der Waals surface area contributed by atoms with E-state index in [9.17, 15) is 9.90 Å². The Morgan fingerprint density at radius 3 is 2.65 bits per heavy atom. The number of rotatable bonds is 2. The van der Waals surface area contributed by atoms with Gasteiger partial charge in [0.2, 0.25) is 0 Å². The summed E-state index contributed by atoms with van der Waals surface area (Å²) in [5, 5.41) is 9.20. The molecule has 1 N–H and O–H groups in total. The van der Waals surface area contributed by atoms with Gasteiger partial charge in [-0.25, -0.2) is 9.78 Å². The van der Waals surface area contributed by atoms with Crippen molar-refractivity contribution in [3.8, 4) is 0 Å². The van der Waals surface area contributed by atoms with Crippen molar-refractivity contribution in [3.05, 3.63) is 23.9 Å². The van der Waals surface area contributed by atoms with E-state index in [1.54, 1.807) is 18.3 Å². The average Bonchev–Trinajstić information content (AvgIpc) is 2.29. The molecule has 1 aromatic rings. The number of hydrogen-bond acceptors (Lipinski definition) is 3. The van der Waals surface area contributed by atoms with Gasteiger partial charge in [-0.15, -0.1) is 0 Å². The van der Waals surface area contributed by atoms with Gasteiger partial charge in [0.1, 0.15) is 11.4 Å². The van der Waals surface area contributed by atoms with E-state index in [-0.39, 0.29) is 0 Å². The zero-order valence-corrected chi connectivity index (χ0v) is 10.3. The van der Waals surface area contributed by atoms with Crippen LogP contribution in [0.25, 0.3) is 0 Å².